The van der Waals surface area contributed by atoms with Crippen molar-refractivity contribution in [1.82, 2.24) is 10.2 Å². The van der Waals surface area contributed by atoms with Crippen LogP contribution in [0.25, 0.3) is 6.08 Å². The fraction of sp³-hybridized carbons (Fsp3) is 0.235. The van der Waals surface area contributed by atoms with Gasteiger partial charge in [0.05, 0.1) is 11.5 Å². The molecule has 1 aromatic carbocycles. The van der Waals surface area contributed by atoms with Crippen LogP contribution in [0, 0.1) is 0 Å². The van der Waals surface area contributed by atoms with Crippen LogP contribution in [0.5, 0.6) is 0 Å². The van der Waals surface area contributed by atoms with Gasteiger partial charge in [0.2, 0.25) is 5.91 Å². The number of thioether (sulfide) groups is 1. The van der Waals surface area contributed by atoms with Crippen molar-refractivity contribution in [3.05, 3.63) is 53.0 Å². The number of amides is 3. The Bertz CT molecular complexity index is 670. The minimum atomic E-state index is -0.454. The average Bonchev–Trinajstić information content (AvgIpc) is 2.84. The van der Waals surface area contributed by atoms with E-state index in [2.05, 4.69) is 5.32 Å². The van der Waals surface area contributed by atoms with Gasteiger partial charge in [0, 0.05) is 13.7 Å². The van der Waals surface area contributed by atoms with Crippen LogP contribution in [0.3, 0.4) is 0 Å². The quantitative estimate of drug-likeness (QED) is 0.604. The standard InChI is InChI=1S/C17H18N2O4S/c1-23-11-10-18-15(20)12-19-16(21)14(24-17(19)22)9-5-8-13-6-3-2-4-7-13/h2-9H,10-12H2,1H3,(H,18,20)/b8-5+,14-9-. The number of hydrogen-bond donors (Lipinski definition) is 1. The molecule has 0 saturated carbocycles. The molecule has 3 amide bonds. The first-order valence-electron chi connectivity index (χ1n) is 7.34. The molecule has 0 aromatic heterocycles. The van der Waals surface area contributed by atoms with Crippen LogP contribution in [-0.2, 0) is 14.3 Å². The molecule has 1 saturated heterocycles. The van der Waals surface area contributed by atoms with Gasteiger partial charge in [-0.15, -0.1) is 0 Å². The molecule has 2 rings (SSSR count). The van der Waals surface area contributed by atoms with Crippen LogP contribution >= 0.6 is 11.8 Å². The van der Waals surface area contributed by atoms with Crippen molar-refractivity contribution in [2.24, 2.45) is 0 Å². The number of carbonyl (C=O) groups excluding carboxylic acids is 3. The van der Waals surface area contributed by atoms with Crippen molar-refractivity contribution < 1.29 is 19.1 Å². The minimum absolute atomic E-state index is 0.284. The van der Waals surface area contributed by atoms with E-state index < -0.39 is 17.1 Å². The number of nitrogens with one attached hydrogen (secondary N) is 1. The summed E-state index contributed by atoms with van der Waals surface area (Å²) < 4.78 is 4.82. The van der Waals surface area contributed by atoms with E-state index in [9.17, 15) is 14.4 Å². The van der Waals surface area contributed by atoms with E-state index in [0.717, 1.165) is 22.2 Å². The number of methoxy groups -OCH3 is 1. The Morgan fingerprint density at radius 1 is 1.29 bits per heavy atom. The van der Waals surface area contributed by atoms with Crippen molar-refractivity contribution >= 4 is 34.9 Å². The number of benzene rings is 1. The molecule has 1 fully saturated rings. The lowest BCUT2D eigenvalue weighted by atomic mass is 10.2. The van der Waals surface area contributed by atoms with Crippen LogP contribution in [-0.4, -0.2) is 48.8 Å². The van der Waals surface area contributed by atoms with E-state index in [1.807, 2.05) is 36.4 Å². The Morgan fingerprint density at radius 3 is 2.75 bits per heavy atom. The van der Waals surface area contributed by atoms with Crippen LogP contribution < -0.4 is 5.32 Å². The number of carbonyl (C=O) groups is 3. The highest BCUT2D eigenvalue weighted by Crippen LogP contribution is 2.30. The van der Waals surface area contributed by atoms with E-state index in [4.69, 9.17) is 4.74 Å². The Morgan fingerprint density at radius 2 is 2.04 bits per heavy atom. The fourth-order valence-electron chi connectivity index (χ4n) is 1.95. The van der Waals surface area contributed by atoms with Gasteiger partial charge in [0.15, 0.2) is 0 Å². The number of nitrogens with zero attached hydrogens (tertiary/aromatic N) is 1. The molecular formula is C17H18N2O4S. The number of allylic oxidation sites excluding steroid dienone is 2. The van der Waals surface area contributed by atoms with Gasteiger partial charge in [-0.1, -0.05) is 42.5 Å². The molecule has 0 unspecified atom stereocenters. The Labute approximate surface area is 144 Å². The van der Waals surface area contributed by atoms with Gasteiger partial charge in [-0.2, -0.15) is 0 Å². The smallest absolute Gasteiger partial charge is 0.294 e. The van der Waals surface area contributed by atoms with Crippen LogP contribution in [0.15, 0.2) is 47.4 Å². The molecule has 126 valence electrons. The van der Waals surface area contributed by atoms with Gasteiger partial charge in [-0.3, -0.25) is 19.3 Å². The second-order valence-corrected chi connectivity index (χ2v) is 5.90. The molecule has 24 heavy (non-hydrogen) atoms. The Balaban J connectivity index is 1.94. The normalized spacial score (nSPS) is 16.4. The number of hydrogen-bond acceptors (Lipinski definition) is 5. The minimum Gasteiger partial charge on any atom is -0.383 e. The third-order valence-electron chi connectivity index (χ3n) is 3.14. The van der Waals surface area contributed by atoms with Crippen molar-refractivity contribution in [3.8, 4) is 0 Å². The Hall–Kier alpha value is -2.38. The second-order valence-electron chi connectivity index (χ2n) is 4.90. The van der Waals surface area contributed by atoms with E-state index in [-0.39, 0.29) is 6.54 Å². The molecule has 0 radical (unpaired) electrons. The summed E-state index contributed by atoms with van der Waals surface area (Å²) in [5.74, 6) is -0.847. The summed E-state index contributed by atoms with van der Waals surface area (Å²) in [6.07, 6.45) is 5.14. The van der Waals surface area contributed by atoms with Crippen molar-refractivity contribution in [2.75, 3.05) is 26.8 Å². The molecule has 7 heteroatoms. The first kappa shape index (κ1) is 18.0. The molecule has 1 aromatic rings. The van der Waals surface area contributed by atoms with E-state index in [1.54, 1.807) is 12.2 Å². The molecule has 0 atom stereocenters. The maximum atomic E-state index is 12.2. The third kappa shape index (κ3) is 5.07. The summed E-state index contributed by atoms with van der Waals surface area (Å²) in [7, 11) is 1.52. The number of imide groups is 1. The zero-order valence-electron chi connectivity index (χ0n) is 13.2. The molecule has 1 aliphatic rings. The van der Waals surface area contributed by atoms with Crippen molar-refractivity contribution in [3.63, 3.8) is 0 Å². The summed E-state index contributed by atoms with van der Waals surface area (Å²) in [5.41, 5.74) is 0.991. The summed E-state index contributed by atoms with van der Waals surface area (Å²) in [6.45, 7) is 0.424. The summed E-state index contributed by atoms with van der Waals surface area (Å²) in [4.78, 5) is 37.1. The van der Waals surface area contributed by atoms with Gasteiger partial charge in [-0.25, -0.2) is 0 Å². The molecule has 0 bridgehead atoms. The van der Waals surface area contributed by atoms with Crippen LogP contribution in [0.2, 0.25) is 0 Å². The predicted octanol–water partition coefficient (Wildman–Crippen LogP) is 2.04. The fourth-order valence-corrected chi connectivity index (χ4v) is 2.74. The maximum Gasteiger partial charge on any atom is 0.294 e. The van der Waals surface area contributed by atoms with Crippen LogP contribution in [0.4, 0.5) is 4.79 Å². The van der Waals surface area contributed by atoms with Crippen LogP contribution in [0.1, 0.15) is 5.56 Å². The van der Waals surface area contributed by atoms with E-state index in [1.165, 1.54) is 7.11 Å². The number of rotatable bonds is 7. The molecule has 6 nitrogen and oxygen atoms in total. The highest BCUT2D eigenvalue weighted by atomic mass is 32.2. The Kier molecular flexibility index (Phi) is 6.77. The van der Waals surface area contributed by atoms with Gasteiger partial charge >= 0.3 is 0 Å². The van der Waals surface area contributed by atoms with E-state index in [0.29, 0.717) is 18.1 Å². The highest BCUT2D eigenvalue weighted by molar-refractivity contribution is 8.18. The largest absolute Gasteiger partial charge is 0.383 e. The number of ether oxygens (including phenoxy) is 1. The van der Waals surface area contributed by atoms with Crippen molar-refractivity contribution in [2.45, 2.75) is 0 Å². The first-order valence-corrected chi connectivity index (χ1v) is 8.16. The summed E-state index contributed by atoms with van der Waals surface area (Å²) in [5, 5.41) is 2.14. The van der Waals surface area contributed by atoms with Crippen molar-refractivity contribution in [1.29, 1.82) is 0 Å². The molecule has 0 spiro atoms. The average molecular weight is 346 g/mol. The summed E-state index contributed by atoms with van der Waals surface area (Å²) in [6, 6.07) is 9.60. The zero-order valence-corrected chi connectivity index (χ0v) is 14.0. The maximum absolute atomic E-state index is 12.2. The molecule has 0 aliphatic carbocycles. The van der Waals surface area contributed by atoms with Gasteiger partial charge in [-0.05, 0) is 23.4 Å². The second kappa shape index (κ2) is 9.05. The molecule has 1 heterocycles. The van der Waals surface area contributed by atoms with E-state index >= 15 is 0 Å². The predicted molar refractivity (Wildman–Crippen MR) is 93.1 cm³/mol. The lowest BCUT2D eigenvalue weighted by Crippen LogP contribution is -2.40. The van der Waals surface area contributed by atoms with Gasteiger partial charge in [0.25, 0.3) is 11.1 Å². The lowest BCUT2D eigenvalue weighted by molar-refractivity contribution is -0.129. The third-order valence-corrected chi connectivity index (χ3v) is 4.07. The zero-order chi connectivity index (χ0) is 17.4. The molecule has 1 aliphatic heterocycles. The van der Waals surface area contributed by atoms with Gasteiger partial charge in [0.1, 0.15) is 6.54 Å². The monoisotopic (exact) mass is 346 g/mol. The molecule has 1 N–H and O–H groups in total. The highest BCUT2D eigenvalue weighted by Gasteiger charge is 2.35. The lowest BCUT2D eigenvalue weighted by Gasteiger charge is -2.12. The topological polar surface area (TPSA) is 75.7 Å². The molecular weight excluding hydrogens is 328 g/mol. The SMILES string of the molecule is COCCNC(=O)CN1C(=O)S/C(=C\C=C\c2ccccc2)C1=O. The first-order chi connectivity index (χ1) is 11.6. The van der Waals surface area contributed by atoms with Gasteiger partial charge < -0.3 is 10.1 Å². The summed E-state index contributed by atoms with van der Waals surface area (Å²) >= 11 is 0.830.